The van der Waals surface area contributed by atoms with Gasteiger partial charge in [-0.15, -0.1) is 11.3 Å². The molecule has 9 heteroatoms. The number of hydrogen-bond donors (Lipinski definition) is 2. The summed E-state index contributed by atoms with van der Waals surface area (Å²) in [5, 5.41) is 7.54. The summed E-state index contributed by atoms with van der Waals surface area (Å²) in [5.74, 6) is -1.58. The molecule has 3 aromatic rings. The van der Waals surface area contributed by atoms with E-state index in [0.717, 1.165) is 36.7 Å². The predicted octanol–water partition coefficient (Wildman–Crippen LogP) is 2.97. The maximum Gasteiger partial charge on any atom is 0.309 e. The summed E-state index contributed by atoms with van der Waals surface area (Å²) < 4.78 is 13.3. The van der Waals surface area contributed by atoms with Crippen molar-refractivity contribution in [3.05, 3.63) is 82.6 Å². The fourth-order valence-electron chi connectivity index (χ4n) is 4.22. The van der Waals surface area contributed by atoms with E-state index in [1.165, 1.54) is 12.1 Å². The molecule has 7 nitrogen and oxygen atoms in total. The monoisotopic (exact) mass is 481 g/mol. The average Bonchev–Trinajstić information content (AvgIpc) is 3.38. The highest BCUT2D eigenvalue weighted by atomic mass is 32.1. The topological polar surface area (TPSA) is 77.6 Å². The van der Waals surface area contributed by atoms with Crippen molar-refractivity contribution < 1.29 is 14.0 Å². The van der Waals surface area contributed by atoms with Crippen molar-refractivity contribution in [2.24, 2.45) is 0 Å². The second-order valence-electron chi connectivity index (χ2n) is 8.23. The number of pyridine rings is 1. The Balaban J connectivity index is 1.37. The van der Waals surface area contributed by atoms with Crippen LogP contribution in [0, 0.1) is 5.82 Å². The molecule has 2 atom stereocenters. The Kier molecular flexibility index (Phi) is 7.87. The molecule has 0 saturated carbocycles. The smallest absolute Gasteiger partial charge is 0.309 e. The van der Waals surface area contributed by atoms with Crippen LogP contribution >= 0.6 is 11.3 Å². The number of aromatic nitrogens is 1. The fourth-order valence-corrected chi connectivity index (χ4v) is 5.18. The van der Waals surface area contributed by atoms with Gasteiger partial charge in [0, 0.05) is 49.0 Å². The lowest BCUT2D eigenvalue weighted by atomic mass is 10.0. The van der Waals surface area contributed by atoms with Crippen LogP contribution in [-0.2, 0) is 16.1 Å². The van der Waals surface area contributed by atoms with Crippen molar-refractivity contribution in [2.45, 2.75) is 25.6 Å². The van der Waals surface area contributed by atoms with Crippen LogP contribution in [0.4, 0.5) is 10.1 Å². The summed E-state index contributed by atoms with van der Waals surface area (Å²) in [6.07, 6.45) is 1.64. The van der Waals surface area contributed by atoms with Gasteiger partial charge in [0.15, 0.2) is 0 Å². The summed E-state index contributed by atoms with van der Waals surface area (Å²) in [7, 11) is 0. The zero-order valence-electron chi connectivity index (χ0n) is 19.0. The summed E-state index contributed by atoms with van der Waals surface area (Å²) in [6, 6.07) is 15.7. The third-order valence-corrected chi connectivity index (χ3v) is 6.87. The van der Waals surface area contributed by atoms with Crippen LogP contribution in [0.5, 0.6) is 0 Å². The molecule has 1 aliphatic heterocycles. The summed E-state index contributed by atoms with van der Waals surface area (Å²) in [5.41, 5.74) is 1.69. The van der Waals surface area contributed by atoms with Gasteiger partial charge in [-0.1, -0.05) is 12.1 Å². The van der Waals surface area contributed by atoms with Gasteiger partial charge in [-0.05, 0) is 54.8 Å². The van der Waals surface area contributed by atoms with Gasteiger partial charge in [-0.3, -0.25) is 19.5 Å². The molecule has 0 aliphatic carbocycles. The van der Waals surface area contributed by atoms with E-state index in [0.29, 0.717) is 5.69 Å². The number of thiophene rings is 1. The quantitative estimate of drug-likeness (QED) is 0.508. The Morgan fingerprint density at radius 2 is 1.79 bits per heavy atom. The van der Waals surface area contributed by atoms with Gasteiger partial charge in [0.1, 0.15) is 5.82 Å². The number of nitrogens with zero attached hydrogens (tertiary/aromatic N) is 3. The van der Waals surface area contributed by atoms with Crippen LogP contribution in [0.3, 0.4) is 0 Å². The van der Waals surface area contributed by atoms with Crippen LogP contribution in [0.15, 0.2) is 66.2 Å². The third kappa shape index (κ3) is 5.98. The molecule has 178 valence electrons. The molecule has 1 aliphatic rings. The first-order valence-electron chi connectivity index (χ1n) is 11.3. The number of nitrogens with one attached hydrogen (secondary N) is 2. The van der Waals surface area contributed by atoms with E-state index in [9.17, 15) is 14.0 Å². The van der Waals surface area contributed by atoms with E-state index in [1.54, 1.807) is 41.8 Å². The van der Waals surface area contributed by atoms with Gasteiger partial charge < -0.3 is 15.5 Å². The molecule has 2 amide bonds. The van der Waals surface area contributed by atoms with E-state index >= 15 is 0 Å². The van der Waals surface area contributed by atoms with Crippen molar-refractivity contribution >= 4 is 28.8 Å². The minimum absolute atomic E-state index is 0.0529. The van der Waals surface area contributed by atoms with Gasteiger partial charge in [-0.2, -0.15) is 0 Å². The number of benzene rings is 1. The molecule has 2 N–H and O–H groups in total. The van der Waals surface area contributed by atoms with Crippen molar-refractivity contribution in [3.8, 4) is 0 Å². The van der Waals surface area contributed by atoms with Gasteiger partial charge in [0.05, 0.1) is 18.3 Å². The minimum Gasteiger partial charge on any atom is -0.369 e. The zero-order valence-corrected chi connectivity index (χ0v) is 19.8. The van der Waals surface area contributed by atoms with E-state index < -0.39 is 11.8 Å². The highest BCUT2D eigenvalue weighted by Crippen LogP contribution is 2.30. The van der Waals surface area contributed by atoms with E-state index in [4.69, 9.17) is 0 Å². The first kappa shape index (κ1) is 23.8. The first-order chi connectivity index (χ1) is 16.5. The molecular formula is C25H28FN5O2S. The maximum absolute atomic E-state index is 13.3. The van der Waals surface area contributed by atoms with Crippen molar-refractivity contribution in [2.75, 3.05) is 31.1 Å². The lowest BCUT2D eigenvalue weighted by molar-refractivity contribution is -0.140. The van der Waals surface area contributed by atoms with E-state index in [-0.39, 0.29) is 24.4 Å². The van der Waals surface area contributed by atoms with Crippen LogP contribution in [-0.4, -0.2) is 53.9 Å². The highest BCUT2D eigenvalue weighted by molar-refractivity contribution is 7.10. The van der Waals surface area contributed by atoms with Gasteiger partial charge in [0.25, 0.3) is 0 Å². The number of hydrogen-bond acceptors (Lipinski definition) is 6. The SMILES string of the molecule is C[C@@H](NC(=O)C(=O)NCc1ccccn1)[C@H](c1cccs1)N1CCN(c2ccc(F)cc2)CC1. The Bertz CT molecular complexity index is 1070. The molecule has 0 radical (unpaired) electrons. The van der Waals surface area contributed by atoms with Crippen molar-refractivity contribution in [1.82, 2.24) is 20.5 Å². The largest absolute Gasteiger partial charge is 0.369 e. The standard InChI is InChI=1S/C25H28FN5O2S/c1-18(29-25(33)24(32)28-17-20-5-2-3-11-27-20)23(22-6-4-16-34-22)31-14-12-30(13-15-31)21-9-7-19(26)8-10-21/h2-11,16,18,23H,12-15,17H2,1H3,(H,28,32)(H,29,33)/t18-,23-/m1/s1. The lowest BCUT2D eigenvalue weighted by Gasteiger charge is -2.42. The van der Waals surface area contributed by atoms with Crippen LogP contribution < -0.4 is 15.5 Å². The molecule has 2 aromatic heterocycles. The fraction of sp³-hybridized carbons (Fsp3) is 0.320. The molecule has 34 heavy (non-hydrogen) atoms. The Labute approximate surface area is 202 Å². The Morgan fingerprint density at radius 3 is 2.44 bits per heavy atom. The number of rotatable bonds is 7. The maximum atomic E-state index is 13.3. The van der Waals surface area contributed by atoms with Crippen molar-refractivity contribution in [1.29, 1.82) is 0 Å². The Morgan fingerprint density at radius 1 is 1.03 bits per heavy atom. The molecule has 1 fully saturated rings. The van der Waals surface area contributed by atoms with Crippen LogP contribution in [0.2, 0.25) is 0 Å². The number of carbonyl (C=O) groups is 2. The van der Waals surface area contributed by atoms with Gasteiger partial charge >= 0.3 is 11.8 Å². The third-order valence-electron chi connectivity index (χ3n) is 5.93. The molecular weight excluding hydrogens is 453 g/mol. The molecule has 1 saturated heterocycles. The average molecular weight is 482 g/mol. The normalized spacial score (nSPS) is 16.0. The minimum atomic E-state index is -0.677. The molecule has 0 unspecified atom stereocenters. The number of anilines is 1. The second-order valence-corrected chi connectivity index (χ2v) is 9.20. The summed E-state index contributed by atoms with van der Waals surface area (Å²) in [6.45, 7) is 5.28. The molecule has 4 rings (SSSR count). The van der Waals surface area contributed by atoms with Gasteiger partial charge in [-0.25, -0.2) is 4.39 Å². The van der Waals surface area contributed by atoms with E-state index in [1.807, 2.05) is 24.4 Å². The van der Waals surface area contributed by atoms with Gasteiger partial charge in [0.2, 0.25) is 0 Å². The molecule has 1 aromatic carbocycles. The summed E-state index contributed by atoms with van der Waals surface area (Å²) in [4.78, 5) is 34.8. The summed E-state index contributed by atoms with van der Waals surface area (Å²) >= 11 is 1.64. The molecule has 3 heterocycles. The number of amides is 2. The first-order valence-corrected chi connectivity index (χ1v) is 12.2. The van der Waals surface area contributed by atoms with E-state index in [2.05, 4.69) is 31.5 Å². The van der Waals surface area contributed by atoms with Crippen molar-refractivity contribution in [3.63, 3.8) is 0 Å². The lowest BCUT2D eigenvalue weighted by Crippen LogP contribution is -2.53. The molecule has 0 spiro atoms. The van der Waals surface area contributed by atoms with Crippen LogP contribution in [0.1, 0.15) is 23.5 Å². The molecule has 0 bridgehead atoms. The highest BCUT2D eigenvalue weighted by Gasteiger charge is 2.32. The number of piperazine rings is 1. The van der Waals surface area contributed by atoms with Crippen LogP contribution in [0.25, 0.3) is 0 Å². The number of carbonyl (C=O) groups excluding carboxylic acids is 2. The second kappa shape index (κ2) is 11.2. The zero-order chi connectivity index (χ0) is 23.9. The number of halogens is 1. The predicted molar refractivity (Wildman–Crippen MR) is 131 cm³/mol. The Hall–Kier alpha value is -3.30.